The Labute approximate surface area is 140 Å². The highest BCUT2D eigenvalue weighted by atomic mass is 16.3. The molecule has 0 saturated heterocycles. The Balaban J connectivity index is 1.71. The first-order valence-electron chi connectivity index (χ1n) is 9.52. The number of ketones is 1. The molecule has 23 heavy (non-hydrogen) atoms. The highest BCUT2D eigenvalue weighted by molar-refractivity contribution is 5.91. The lowest BCUT2D eigenvalue weighted by atomic mass is 9.46. The number of hydrogen-bond donors (Lipinski definition) is 1. The lowest BCUT2D eigenvalue weighted by Crippen LogP contribution is -2.53. The molecule has 2 saturated carbocycles. The van der Waals surface area contributed by atoms with Gasteiger partial charge in [-0.25, -0.2) is 0 Å². The predicted molar refractivity (Wildman–Crippen MR) is 91.9 cm³/mol. The van der Waals surface area contributed by atoms with E-state index in [2.05, 4.69) is 26.8 Å². The van der Waals surface area contributed by atoms with Crippen LogP contribution < -0.4 is 0 Å². The Bertz CT molecular complexity index is 601. The molecule has 4 rings (SSSR count). The molecule has 0 aromatic rings. The van der Waals surface area contributed by atoms with Crippen LogP contribution >= 0.6 is 0 Å². The second kappa shape index (κ2) is 5.05. The minimum absolute atomic E-state index is 0.0482. The average Bonchev–Trinajstić information content (AvgIpc) is 2.86. The van der Waals surface area contributed by atoms with Crippen molar-refractivity contribution in [3.05, 3.63) is 23.3 Å². The maximum absolute atomic E-state index is 11.9. The number of hydrogen-bond acceptors (Lipinski definition) is 2. The molecular formula is C21H30O2. The van der Waals surface area contributed by atoms with Gasteiger partial charge in [-0.15, -0.1) is 0 Å². The topological polar surface area (TPSA) is 37.3 Å². The first kappa shape index (κ1) is 15.6. The molecule has 0 radical (unpaired) electrons. The Morgan fingerprint density at radius 2 is 2.00 bits per heavy atom. The second-order valence-electron chi connectivity index (χ2n) is 8.89. The Morgan fingerprint density at radius 3 is 2.74 bits per heavy atom. The fraction of sp³-hybridized carbons (Fsp3) is 0.762. The monoisotopic (exact) mass is 314 g/mol. The van der Waals surface area contributed by atoms with Crippen molar-refractivity contribution in [3.8, 4) is 0 Å². The summed E-state index contributed by atoms with van der Waals surface area (Å²) in [5.74, 6) is 2.17. The normalized spacial score (nSPS) is 49.0. The standard InChI is InChI=1S/C21H30O2/c1-4-13-5-6-16-15-12-19(23)18-11-14(22)7-9-21(18,3)17(15)8-10-20(13,16)2/h5,11,15-17,19,23H,4,6-10,12H2,1-3H3. The maximum Gasteiger partial charge on any atom is 0.155 e. The molecule has 4 aliphatic carbocycles. The van der Waals surface area contributed by atoms with Crippen molar-refractivity contribution >= 4 is 5.78 Å². The number of carbonyl (C=O) groups excluding carboxylic acids is 1. The van der Waals surface area contributed by atoms with Gasteiger partial charge >= 0.3 is 0 Å². The zero-order valence-corrected chi connectivity index (χ0v) is 14.8. The van der Waals surface area contributed by atoms with Crippen LogP contribution in [0, 0.1) is 28.6 Å². The fourth-order valence-electron chi connectivity index (χ4n) is 6.81. The summed E-state index contributed by atoms with van der Waals surface area (Å²) in [6.07, 6.45) is 11.3. The van der Waals surface area contributed by atoms with E-state index in [1.54, 1.807) is 11.6 Å². The number of aliphatic hydroxyl groups excluding tert-OH is 1. The molecule has 0 aromatic heterocycles. The first-order chi connectivity index (χ1) is 10.9. The summed E-state index contributed by atoms with van der Waals surface area (Å²) in [6, 6.07) is 0. The molecule has 6 unspecified atom stereocenters. The van der Waals surface area contributed by atoms with Crippen LogP contribution in [-0.2, 0) is 4.79 Å². The molecule has 0 aromatic carbocycles. The molecule has 0 aliphatic heterocycles. The highest BCUT2D eigenvalue weighted by Crippen LogP contribution is 2.65. The Kier molecular flexibility index (Phi) is 3.43. The van der Waals surface area contributed by atoms with Crippen LogP contribution in [0.15, 0.2) is 23.3 Å². The predicted octanol–water partition coefficient (Wildman–Crippen LogP) is 4.44. The van der Waals surface area contributed by atoms with Crippen LogP contribution in [0.5, 0.6) is 0 Å². The van der Waals surface area contributed by atoms with E-state index in [1.165, 1.54) is 25.7 Å². The second-order valence-corrected chi connectivity index (χ2v) is 8.89. The molecule has 0 amide bonds. The lowest BCUT2D eigenvalue weighted by molar-refractivity contribution is -0.118. The third kappa shape index (κ3) is 2.00. The molecule has 6 atom stereocenters. The molecular weight excluding hydrogens is 284 g/mol. The lowest BCUT2D eigenvalue weighted by Gasteiger charge is -2.59. The van der Waals surface area contributed by atoms with Gasteiger partial charge in [-0.2, -0.15) is 0 Å². The molecule has 4 aliphatic rings. The quantitative estimate of drug-likeness (QED) is 0.727. The Morgan fingerprint density at radius 1 is 1.22 bits per heavy atom. The summed E-state index contributed by atoms with van der Waals surface area (Å²) < 4.78 is 0. The van der Waals surface area contributed by atoms with Crippen LogP contribution in [-0.4, -0.2) is 17.0 Å². The number of fused-ring (bicyclic) bond motifs is 5. The van der Waals surface area contributed by atoms with E-state index in [4.69, 9.17) is 0 Å². The highest BCUT2D eigenvalue weighted by Gasteiger charge is 2.58. The molecule has 2 nitrogen and oxygen atoms in total. The van der Waals surface area contributed by atoms with Crippen LogP contribution in [0.1, 0.15) is 65.7 Å². The largest absolute Gasteiger partial charge is 0.389 e. The van der Waals surface area contributed by atoms with Crippen molar-refractivity contribution in [3.63, 3.8) is 0 Å². The van der Waals surface area contributed by atoms with Gasteiger partial charge in [-0.1, -0.05) is 32.4 Å². The van der Waals surface area contributed by atoms with E-state index >= 15 is 0 Å². The van der Waals surface area contributed by atoms with Gasteiger partial charge in [0.2, 0.25) is 0 Å². The van der Waals surface area contributed by atoms with Gasteiger partial charge in [0.1, 0.15) is 0 Å². The van der Waals surface area contributed by atoms with E-state index < -0.39 is 6.10 Å². The fourth-order valence-corrected chi connectivity index (χ4v) is 6.81. The van der Waals surface area contributed by atoms with Gasteiger partial charge < -0.3 is 5.11 Å². The minimum atomic E-state index is -0.404. The minimum Gasteiger partial charge on any atom is -0.389 e. The molecule has 1 N–H and O–H groups in total. The smallest absolute Gasteiger partial charge is 0.155 e. The zero-order valence-electron chi connectivity index (χ0n) is 14.8. The van der Waals surface area contributed by atoms with Gasteiger partial charge in [0.25, 0.3) is 0 Å². The average molecular weight is 314 g/mol. The Hall–Kier alpha value is -0.890. The van der Waals surface area contributed by atoms with Gasteiger partial charge in [0.15, 0.2) is 5.78 Å². The van der Waals surface area contributed by atoms with Crippen LogP contribution in [0.25, 0.3) is 0 Å². The van der Waals surface area contributed by atoms with E-state index in [1.807, 2.05) is 0 Å². The van der Waals surface area contributed by atoms with Crippen LogP contribution in [0.2, 0.25) is 0 Å². The summed E-state index contributed by atoms with van der Waals surface area (Å²) >= 11 is 0. The van der Waals surface area contributed by atoms with Crippen molar-refractivity contribution in [2.75, 3.05) is 0 Å². The molecule has 0 spiro atoms. The van der Waals surface area contributed by atoms with Gasteiger partial charge in [0.05, 0.1) is 6.10 Å². The summed E-state index contributed by atoms with van der Waals surface area (Å²) in [4.78, 5) is 11.9. The van der Waals surface area contributed by atoms with Gasteiger partial charge in [-0.05, 0) is 78.8 Å². The molecule has 0 bridgehead atoms. The number of carbonyl (C=O) groups is 1. The van der Waals surface area contributed by atoms with Crippen LogP contribution in [0.4, 0.5) is 0 Å². The van der Waals surface area contributed by atoms with Gasteiger partial charge in [0, 0.05) is 6.42 Å². The van der Waals surface area contributed by atoms with Crippen molar-refractivity contribution in [1.29, 1.82) is 0 Å². The third-order valence-corrected chi connectivity index (χ3v) is 8.10. The molecule has 2 heteroatoms. The summed E-state index contributed by atoms with van der Waals surface area (Å²) in [7, 11) is 0. The third-order valence-electron chi connectivity index (χ3n) is 8.10. The zero-order chi connectivity index (χ0) is 16.4. The number of rotatable bonds is 1. The van der Waals surface area contributed by atoms with E-state index in [0.29, 0.717) is 29.6 Å². The first-order valence-corrected chi connectivity index (χ1v) is 9.52. The van der Waals surface area contributed by atoms with Gasteiger partial charge in [-0.3, -0.25) is 4.79 Å². The molecule has 2 fully saturated rings. The molecule has 0 heterocycles. The van der Waals surface area contributed by atoms with Crippen LogP contribution in [0.3, 0.4) is 0 Å². The van der Waals surface area contributed by atoms with Crippen molar-refractivity contribution in [1.82, 2.24) is 0 Å². The van der Waals surface area contributed by atoms with Crippen molar-refractivity contribution < 1.29 is 9.90 Å². The SMILES string of the molecule is CCC1=CCC2C3CC(O)C4=CC(=O)CCC4(C)C3CCC12C. The number of allylic oxidation sites excluding steroid dienone is 3. The van der Waals surface area contributed by atoms with Crippen molar-refractivity contribution in [2.45, 2.75) is 71.8 Å². The van der Waals surface area contributed by atoms with E-state index in [-0.39, 0.29) is 11.2 Å². The summed E-state index contributed by atoms with van der Waals surface area (Å²) in [5.41, 5.74) is 3.12. The van der Waals surface area contributed by atoms with E-state index in [0.717, 1.165) is 18.4 Å². The molecule has 126 valence electrons. The van der Waals surface area contributed by atoms with E-state index in [9.17, 15) is 9.90 Å². The summed E-state index contributed by atoms with van der Waals surface area (Å²) in [6.45, 7) is 7.09. The summed E-state index contributed by atoms with van der Waals surface area (Å²) in [5, 5.41) is 10.8. The van der Waals surface area contributed by atoms with Crippen molar-refractivity contribution in [2.24, 2.45) is 28.6 Å². The maximum atomic E-state index is 11.9. The number of aliphatic hydroxyl groups is 1.